The Balaban J connectivity index is 1.80. The maximum atomic E-state index is 3.37. The quantitative estimate of drug-likeness (QED) is 0.775. The smallest absolute Gasteiger partial charge is 0.0345 e. The lowest BCUT2D eigenvalue weighted by atomic mass is 9.71. The lowest BCUT2D eigenvalue weighted by Crippen LogP contribution is -2.59. The third-order valence-corrected chi connectivity index (χ3v) is 4.83. The van der Waals surface area contributed by atoms with Crippen LogP contribution in [0, 0.1) is 11.3 Å². The maximum Gasteiger partial charge on any atom is 0.0345 e. The average molecular weight is 224 g/mol. The van der Waals surface area contributed by atoms with E-state index < -0.39 is 0 Å². The van der Waals surface area contributed by atoms with Gasteiger partial charge >= 0.3 is 0 Å². The molecule has 2 aliphatic rings. The largest absolute Gasteiger partial charge is 0.314 e. The molecule has 0 aromatic heterocycles. The van der Waals surface area contributed by atoms with Gasteiger partial charge in [0.05, 0.1) is 0 Å². The molecule has 0 spiro atoms. The Morgan fingerprint density at radius 3 is 1.88 bits per heavy atom. The highest BCUT2D eigenvalue weighted by Gasteiger charge is 2.33. The number of nitrogens with zero attached hydrogens (tertiary/aromatic N) is 1. The first-order chi connectivity index (χ1) is 7.48. The number of rotatable bonds is 2. The lowest BCUT2D eigenvalue weighted by molar-refractivity contribution is 0.0673. The van der Waals surface area contributed by atoms with Gasteiger partial charge in [0.15, 0.2) is 0 Å². The molecule has 1 saturated heterocycles. The van der Waals surface area contributed by atoms with Crippen LogP contribution in [0.25, 0.3) is 0 Å². The molecular formula is C14H28N2. The molecule has 1 saturated carbocycles. The summed E-state index contributed by atoms with van der Waals surface area (Å²) in [7, 11) is 2.33. The molecule has 1 aliphatic carbocycles. The van der Waals surface area contributed by atoms with Gasteiger partial charge in [-0.15, -0.1) is 0 Å². The van der Waals surface area contributed by atoms with E-state index >= 15 is 0 Å². The Labute approximate surface area is 101 Å². The van der Waals surface area contributed by atoms with Gasteiger partial charge in [-0.2, -0.15) is 0 Å². The molecule has 0 aromatic rings. The Bertz CT molecular complexity index is 219. The van der Waals surface area contributed by atoms with Crippen LogP contribution in [0.2, 0.25) is 0 Å². The second kappa shape index (κ2) is 4.66. The minimum Gasteiger partial charge on any atom is -0.314 e. The molecule has 16 heavy (non-hydrogen) atoms. The second-order valence-electron chi connectivity index (χ2n) is 6.85. The van der Waals surface area contributed by atoms with Crippen molar-refractivity contribution in [3.63, 3.8) is 0 Å². The van der Waals surface area contributed by atoms with E-state index in [0.717, 1.165) is 18.0 Å². The van der Waals surface area contributed by atoms with E-state index in [1.807, 2.05) is 0 Å². The van der Waals surface area contributed by atoms with Gasteiger partial charge in [-0.25, -0.2) is 0 Å². The topological polar surface area (TPSA) is 15.3 Å². The summed E-state index contributed by atoms with van der Waals surface area (Å²) in [6.07, 6.45) is 5.68. The molecule has 1 N–H and O–H groups in total. The third kappa shape index (κ3) is 2.60. The minimum atomic E-state index is 0.515. The number of likely N-dealkylation sites (N-methyl/N-ethyl adjacent to an activating group) is 1. The summed E-state index contributed by atoms with van der Waals surface area (Å²) in [4.78, 5) is 2.63. The predicted molar refractivity (Wildman–Crippen MR) is 69.6 cm³/mol. The van der Waals surface area contributed by atoms with Crippen molar-refractivity contribution in [2.24, 2.45) is 11.3 Å². The SMILES string of the molecule is CN(C1CCC(C(C)(C)C)CC1)C1CNC1. The number of hydrogen-bond donors (Lipinski definition) is 1. The Morgan fingerprint density at radius 1 is 0.938 bits per heavy atom. The predicted octanol–water partition coefficient (Wildman–Crippen LogP) is 2.49. The van der Waals surface area contributed by atoms with Crippen LogP contribution in [0.3, 0.4) is 0 Å². The molecule has 0 aromatic carbocycles. The summed E-state index contributed by atoms with van der Waals surface area (Å²) in [5, 5.41) is 3.37. The summed E-state index contributed by atoms with van der Waals surface area (Å²) >= 11 is 0. The van der Waals surface area contributed by atoms with Gasteiger partial charge in [0, 0.05) is 25.2 Å². The molecule has 0 amide bonds. The Hall–Kier alpha value is -0.0800. The van der Waals surface area contributed by atoms with Gasteiger partial charge in [-0.1, -0.05) is 20.8 Å². The zero-order valence-electron chi connectivity index (χ0n) is 11.4. The molecule has 2 heteroatoms. The van der Waals surface area contributed by atoms with Gasteiger partial charge in [0.25, 0.3) is 0 Å². The normalized spacial score (nSPS) is 32.8. The van der Waals surface area contributed by atoms with Crippen LogP contribution in [-0.4, -0.2) is 37.1 Å². The third-order valence-electron chi connectivity index (χ3n) is 4.83. The lowest BCUT2D eigenvalue weighted by Gasteiger charge is -2.45. The molecule has 0 radical (unpaired) electrons. The monoisotopic (exact) mass is 224 g/mol. The van der Waals surface area contributed by atoms with Gasteiger partial charge in [-0.3, -0.25) is 4.90 Å². The highest BCUT2D eigenvalue weighted by atomic mass is 15.2. The number of nitrogens with one attached hydrogen (secondary N) is 1. The standard InChI is InChI=1S/C14H28N2/c1-14(2,3)11-5-7-12(8-6-11)16(4)13-9-15-10-13/h11-13,15H,5-10H2,1-4H3. The summed E-state index contributed by atoms with van der Waals surface area (Å²) < 4.78 is 0. The van der Waals surface area contributed by atoms with E-state index in [4.69, 9.17) is 0 Å². The van der Waals surface area contributed by atoms with E-state index in [2.05, 4.69) is 38.0 Å². The van der Waals surface area contributed by atoms with Gasteiger partial charge in [0.1, 0.15) is 0 Å². The van der Waals surface area contributed by atoms with Crippen LogP contribution in [-0.2, 0) is 0 Å². The number of hydrogen-bond acceptors (Lipinski definition) is 2. The molecule has 2 rings (SSSR count). The molecule has 0 unspecified atom stereocenters. The highest BCUT2D eigenvalue weighted by Crippen LogP contribution is 2.39. The highest BCUT2D eigenvalue weighted by molar-refractivity contribution is 4.90. The first-order valence-corrected chi connectivity index (χ1v) is 6.91. The maximum absolute atomic E-state index is 3.37. The van der Waals surface area contributed by atoms with Crippen LogP contribution in [0.5, 0.6) is 0 Å². The molecule has 2 nitrogen and oxygen atoms in total. The van der Waals surface area contributed by atoms with E-state index in [-0.39, 0.29) is 0 Å². The summed E-state index contributed by atoms with van der Waals surface area (Å²) in [5.74, 6) is 0.941. The molecular weight excluding hydrogens is 196 g/mol. The molecule has 0 bridgehead atoms. The van der Waals surface area contributed by atoms with Crippen molar-refractivity contribution >= 4 is 0 Å². The zero-order chi connectivity index (χ0) is 11.8. The average Bonchev–Trinajstić information content (AvgIpc) is 2.14. The van der Waals surface area contributed by atoms with Crippen LogP contribution < -0.4 is 5.32 Å². The first-order valence-electron chi connectivity index (χ1n) is 6.91. The summed E-state index contributed by atoms with van der Waals surface area (Å²) in [6, 6.07) is 1.67. The van der Waals surface area contributed by atoms with Gasteiger partial charge in [-0.05, 0) is 44.1 Å². The fourth-order valence-electron chi connectivity index (χ4n) is 3.21. The Kier molecular flexibility index (Phi) is 3.60. The molecule has 1 heterocycles. The van der Waals surface area contributed by atoms with Crippen molar-refractivity contribution in [2.75, 3.05) is 20.1 Å². The van der Waals surface area contributed by atoms with Gasteiger partial charge < -0.3 is 5.32 Å². The minimum absolute atomic E-state index is 0.515. The first kappa shape index (κ1) is 12.4. The van der Waals surface area contributed by atoms with Crippen LogP contribution >= 0.6 is 0 Å². The van der Waals surface area contributed by atoms with Crippen molar-refractivity contribution < 1.29 is 0 Å². The zero-order valence-corrected chi connectivity index (χ0v) is 11.4. The van der Waals surface area contributed by atoms with E-state index in [0.29, 0.717) is 5.41 Å². The van der Waals surface area contributed by atoms with Crippen LogP contribution in [0.15, 0.2) is 0 Å². The van der Waals surface area contributed by atoms with E-state index in [1.165, 1.54) is 38.8 Å². The summed E-state index contributed by atoms with van der Waals surface area (Å²) in [6.45, 7) is 9.61. The van der Waals surface area contributed by atoms with Crippen molar-refractivity contribution in [3.8, 4) is 0 Å². The second-order valence-corrected chi connectivity index (χ2v) is 6.85. The Morgan fingerprint density at radius 2 is 1.50 bits per heavy atom. The summed E-state index contributed by atoms with van der Waals surface area (Å²) in [5.41, 5.74) is 0.515. The molecule has 2 fully saturated rings. The van der Waals surface area contributed by atoms with E-state index in [9.17, 15) is 0 Å². The van der Waals surface area contributed by atoms with Crippen LogP contribution in [0.4, 0.5) is 0 Å². The molecule has 94 valence electrons. The van der Waals surface area contributed by atoms with Crippen molar-refractivity contribution in [1.29, 1.82) is 0 Å². The van der Waals surface area contributed by atoms with Crippen LogP contribution in [0.1, 0.15) is 46.5 Å². The molecule has 1 aliphatic heterocycles. The van der Waals surface area contributed by atoms with Crippen molar-refractivity contribution in [3.05, 3.63) is 0 Å². The van der Waals surface area contributed by atoms with Crippen molar-refractivity contribution in [2.45, 2.75) is 58.5 Å². The van der Waals surface area contributed by atoms with Crippen molar-refractivity contribution in [1.82, 2.24) is 10.2 Å². The fourth-order valence-corrected chi connectivity index (χ4v) is 3.21. The van der Waals surface area contributed by atoms with E-state index in [1.54, 1.807) is 0 Å². The van der Waals surface area contributed by atoms with Gasteiger partial charge in [0.2, 0.25) is 0 Å². The molecule has 0 atom stereocenters. The fraction of sp³-hybridized carbons (Fsp3) is 1.00.